The van der Waals surface area contributed by atoms with Gasteiger partial charge in [-0.2, -0.15) is 0 Å². The maximum absolute atomic E-state index is 10.8. The predicted molar refractivity (Wildman–Crippen MR) is 53.5 cm³/mol. The van der Waals surface area contributed by atoms with Gasteiger partial charge in [0.1, 0.15) is 0 Å². The van der Waals surface area contributed by atoms with E-state index < -0.39 is 12.3 Å². The van der Waals surface area contributed by atoms with E-state index in [1.807, 2.05) is 30.3 Å². The first-order valence-corrected chi connectivity index (χ1v) is 4.64. The normalized spacial score (nSPS) is 19.7. The molecule has 0 amide bonds. The lowest BCUT2D eigenvalue weighted by atomic mass is 10.2. The van der Waals surface area contributed by atoms with Crippen LogP contribution in [0.4, 0.5) is 0 Å². The number of carbonyl (C=O) groups excluding carboxylic acids is 1. The highest BCUT2D eigenvalue weighted by molar-refractivity contribution is 5.85. The van der Waals surface area contributed by atoms with Gasteiger partial charge in [-0.3, -0.25) is 0 Å². The van der Waals surface area contributed by atoms with Gasteiger partial charge in [0.25, 0.3) is 0 Å². The Morgan fingerprint density at radius 1 is 1.33 bits per heavy atom. The summed E-state index contributed by atoms with van der Waals surface area (Å²) in [6.45, 7) is 0.556. The Morgan fingerprint density at radius 3 is 2.67 bits per heavy atom. The Balaban J connectivity index is 1.94. The Morgan fingerprint density at radius 2 is 2.07 bits per heavy atom. The van der Waals surface area contributed by atoms with Gasteiger partial charge in [-0.25, -0.2) is 4.79 Å². The van der Waals surface area contributed by atoms with Crippen molar-refractivity contribution >= 4 is 5.97 Å². The summed E-state index contributed by atoms with van der Waals surface area (Å²) in [5, 5.41) is 12.2. The predicted octanol–water partition coefficient (Wildman–Crippen LogP) is 0.535. The Labute approximate surface area is 87.2 Å². The molecule has 1 aliphatic heterocycles. The van der Waals surface area contributed by atoms with Gasteiger partial charge in [0.05, 0.1) is 5.70 Å². The summed E-state index contributed by atoms with van der Waals surface area (Å²) in [6, 6.07) is 9.70. The SMILES string of the molecule is O=C1C=C(NCc2ccccc2)C(O)O1. The van der Waals surface area contributed by atoms with E-state index in [0.717, 1.165) is 5.56 Å². The topological polar surface area (TPSA) is 58.6 Å². The zero-order valence-electron chi connectivity index (χ0n) is 8.01. The van der Waals surface area contributed by atoms with Crippen LogP contribution < -0.4 is 5.32 Å². The van der Waals surface area contributed by atoms with Gasteiger partial charge >= 0.3 is 5.97 Å². The van der Waals surface area contributed by atoms with Crippen molar-refractivity contribution in [3.63, 3.8) is 0 Å². The van der Waals surface area contributed by atoms with Crippen molar-refractivity contribution < 1.29 is 14.6 Å². The monoisotopic (exact) mass is 205 g/mol. The third kappa shape index (κ3) is 2.35. The molecule has 78 valence electrons. The average molecular weight is 205 g/mol. The van der Waals surface area contributed by atoms with Crippen molar-refractivity contribution in [2.45, 2.75) is 12.8 Å². The molecule has 0 saturated carbocycles. The lowest BCUT2D eigenvalue weighted by molar-refractivity contribution is -0.151. The van der Waals surface area contributed by atoms with Gasteiger partial charge in [0, 0.05) is 12.6 Å². The van der Waals surface area contributed by atoms with Crippen LogP contribution in [0.2, 0.25) is 0 Å². The number of cyclic esters (lactones) is 1. The first-order chi connectivity index (χ1) is 7.25. The number of carbonyl (C=O) groups is 1. The van der Waals surface area contributed by atoms with E-state index in [1.165, 1.54) is 6.08 Å². The molecule has 1 heterocycles. The highest BCUT2D eigenvalue weighted by atomic mass is 16.6. The summed E-state index contributed by atoms with van der Waals surface area (Å²) in [5.74, 6) is -0.516. The molecular formula is C11H11NO3. The van der Waals surface area contributed by atoms with E-state index >= 15 is 0 Å². The molecule has 0 bridgehead atoms. The number of aliphatic hydroxyl groups is 1. The zero-order valence-corrected chi connectivity index (χ0v) is 8.01. The maximum atomic E-state index is 10.8. The summed E-state index contributed by atoms with van der Waals surface area (Å²) in [7, 11) is 0. The van der Waals surface area contributed by atoms with Crippen LogP contribution >= 0.6 is 0 Å². The van der Waals surface area contributed by atoms with E-state index in [0.29, 0.717) is 12.2 Å². The largest absolute Gasteiger partial charge is 0.427 e. The van der Waals surface area contributed by atoms with Gasteiger partial charge in [0.15, 0.2) is 0 Å². The summed E-state index contributed by atoms with van der Waals surface area (Å²) in [4.78, 5) is 10.8. The Kier molecular flexibility index (Phi) is 2.69. The molecule has 4 heteroatoms. The number of nitrogens with one attached hydrogen (secondary N) is 1. The fourth-order valence-corrected chi connectivity index (χ4v) is 1.34. The molecule has 1 unspecified atom stereocenters. The number of ether oxygens (including phenoxy) is 1. The molecule has 1 aliphatic rings. The maximum Gasteiger partial charge on any atom is 0.335 e. The van der Waals surface area contributed by atoms with Crippen molar-refractivity contribution in [3.8, 4) is 0 Å². The molecule has 2 rings (SSSR count). The smallest absolute Gasteiger partial charge is 0.335 e. The summed E-state index contributed by atoms with van der Waals surface area (Å²) >= 11 is 0. The van der Waals surface area contributed by atoms with E-state index in [2.05, 4.69) is 10.1 Å². The summed E-state index contributed by atoms with van der Waals surface area (Å²) in [5.41, 5.74) is 1.48. The van der Waals surface area contributed by atoms with Gasteiger partial charge in [-0.15, -0.1) is 0 Å². The molecule has 15 heavy (non-hydrogen) atoms. The molecule has 0 radical (unpaired) electrons. The van der Waals surface area contributed by atoms with Crippen molar-refractivity contribution in [3.05, 3.63) is 47.7 Å². The molecule has 1 atom stereocenters. The second-order valence-corrected chi connectivity index (χ2v) is 3.23. The lowest BCUT2D eigenvalue weighted by Crippen LogP contribution is -2.22. The minimum absolute atomic E-state index is 0.406. The van der Waals surface area contributed by atoms with Crippen LogP contribution in [-0.4, -0.2) is 17.4 Å². The van der Waals surface area contributed by atoms with Crippen LogP contribution in [-0.2, 0) is 16.1 Å². The van der Waals surface area contributed by atoms with Crippen LogP contribution in [0.1, 0.15) is 5.56 Å². The molecule has 0 aromatic heterocycles. The Hall–Kier alpha value is -1.81. The number of esters is 1. The molecule has 0 spiro atoms. The number of benzene rings is 1. The number of rotatable bonds is 3. The molecule has 4 nitrogen and oxygen atoms in total. The van der Waals surface area contributed by atoms with Gasteiger partial charge in [-0.05, 0) is 5.56 Å². The molecule has 2 N–H and O–H groups in total. The van der Waals surface area contributed by atoms with E-state index in [4.69, 9.17) is 0 Å². The van der Waals surface area contributed by atoms with Crippen molar-refractivity contribution in [2.75, 3.05) is 0 Å². The van der Waals surface area contributed by atoms with Gasteiger partial charge in [-0.1, -0.05) is 30.3 Å². The fraction of sp³-hybridized carbons (Fsp3) is 0.182. The molecule has 0 aliphatic carbocycles. The van der Waals surface area contributed by atoms with Crippen molar-refractivity contribution in [2.24, 2.45) is 0 Å². The average Bonchev–Trinajstić information content (AvgIpc) is 2.56. The van der Waals surface area contributed by atoms with Crippen molar-refractivity contribution in [1.82, 2.24) is 5.32 Å². The third-order valence-corrected chi connectivity index (χ3v) is 2.11. The van der Waals surface area contributed by atoms with E-state index in [1.54, 1.807) is 0 Å². The summed E-state index contributed by atoms with van der Waals surface area (Å²) < 4.78 is 4.52. The lowest BCUT2D eigenvalue weighted by Gasteiger charge is -2.09. The van der Waals surface area contributed by atoms with Crippen LogP contribution in [0.15, 0.2) is 42.1 Å². The minimum Gasteiger partial charge on any atom is -0.427 e. The second kappa shape index (κ2) is 4.14. The van der Waals surface area contributed by atoms with Gasteiger partial charge < -0.3 is 15.2 Å². The van der Waals surface area contributed by atoms with E-state index in [-0.39, 0.29) is 0 Å². The zero-order chi connectivity index (χ0) is 10.7. The number of hydrogen-bond acceptors (Lipinski definition) is 4. The van der Waals surface area contributed by atoms with Crippen LogP contribution in [0, 0.1) is 0 Å². The molecular weight excluding hydrogens is 194 g/mol. The molecule has 1 aromatic carbocycles. The molecule has 0 fully saturated rings. The fourth-order valence-electron chi connectivity index (χ4n) is 1.34. The standard InChI is InChI=1S/C11H11NO3/c13-10-6-9(11(14)15-10)12-7-8-4-2-1-3-5-8/h1-6,11-12,14H,7H2. The first-order valence-electron chi connectivity index (χ1n) is 4.64. The Bertz CT molecular complexity index is 386. The minimum atomic E-state index is -1.15. The second-order valence-electron chi connectivity index (χ2n) is 3.23. The highest BCUT2D eigenvalue weighted by Gasteiger charge is 2.23. The number of aliphatic hydroxyl groups excluding tert-OH is 1. The van der Waals surface area contributed by atoms with Crippen LogP contribution in [0.3, 0.4) is 0 Å². The number of hydrogen-bond donors (Lipinski definition) is 2. The first kappa shape index (κ1) is 9.73. The third-order valence-electron chi connectivity index (χ3n) is 2.11. The quantitative estimate of drug-likeness (QED) is 0.707. The van der Waals surface area contributed by atoms with Crippen molar-refractivity contribution in [1.29, 1.82) is 0 Å². The van der Waals surface area contributed by atoms with Crippen LogP contribution in [0.25, 0.3) is 0 Å². The summed E-state index contributed by atoms with van der Waals surface area (Å²) in [6.07, 6.45) is 0.106. The molecule has 1 aromatic rings. The molecule has 0 saturated heterocycles. The highest BCUT2D eigenvalue weighted by Crippen LogP contribution is 2.10. The van der Waals surface area contributed by atoms with E-state index in [9.17, 15) is 9.90 Å². The van der Waals surface area contributed by atoms with Gasteiger partial charge in [0.2, 0.25) is 6.29 Å². The van der Waals surface area contributed by atoms with Crippen LogP contribution in [0.5, 0.6) is 0 Å².